The first-order chi connectivity index (χ1) is 7.83. The molecule has 0 saturated carbocycles. The first-order valence-electron chi connectivity index (χ1n) is 5.95. The van der Waals surface area contributed by atoms with Crippen LogP contribution in [-0.2, 0) is 9.53 Å². The maximum Gasteiger partial charge on any atom is 0.410 e. The third-order valence-corrected chi connectivity index (χ3v) is 2.60. The Bertz CT molecular complexity index is 317. The molecule has 0 aromatic carbocycles. The Morgan fingerprint density at radius 3 is 2.76 bits per heavy atom. The summed E-state index contributed by atoms with van der Waals surface area (Å²) in [7, 11) is 0. The molecule has 0 aromatic rings. The lowest BCUT2D eigenvalue weighted by Gasteiger charge is -2.35. The Morgan fingerprint density at radius 1 is 1.59 bits per heavy atom. The SMILES string of the molecule is C=CC[C@H]1CC(=O)CCN1C(=O)OC(C)(C)C. The van der Waals surface area contributed by atoms with Gasteiger partial charge < -0.3 is 9.64 Å². The molecule has 0 N–H and O–H groups in total. The number of amides is 1. The molecule has 1 aliphatic heterocycles. The fourth-order valence-electron chi connectivity index (χ4n) is 1.87. The summed E-state index contributed by atoms with van der Waals surface area (Å²) >= 11 is 0. The molecule has 0 spiro atoms. The average molecular weight is 239 g/mol. The van der Waals surface area contributed by atoms with Crippen molar-refractivity contribution in [3.63, 3.8) is 0 Å². The summed E-state index contributed by atoms with van der Waals surface area (Å²) in [6.07, 6.45) is 2.86. The molecule has 1 amide bonds. The highest BCUT2D eigenvalue weighted by Gasteiger charge is 2.32. The fraction of sp³-hybridized carbons (Fsp3) is 0.692. The van der Waals surface area contributed by atoms with Crippen molar-refractivity contribution < 1.29 is 14.3 Å². The molecule has 0 aliphatic carbocycles. The number of ether oxygens (including phenoxy) is 1. The molecule has 4 heteroatoms. The van der Waals surface area contributed by atoms with E-state index in [0.29, 0.717) is 25.8 Å². The van der Waals surface area contributed by atoms with Crippen LogP contribution in [0, 0.1) is 0 Å². The van der Waals surface area contributed by atoms with E-state index in [-0.39, 0.29) is 17.9 Å². The highest BCUT2D eigenvalue weighted by Crippen LogP contribution is 2.20. The molecule has 17 heavy (non-hydrogen) atoms. The summed E-state index contributed by atoms with van der Waals surface area (Å²) in [6.45, 7) is 9.62. The van der Waals surface area contributed by atoms with Gasteiger partial charge in [0.2, 0.25) is 0 Å². The van der Waals surface area contributed by atoms with Crippen LogP contribution in [0.2, 0.25) is 0 Å². The molecule has 1 fully saturated rings. The second-order valence-electron chi connectivity index (χ2n) is 5.34. The zero-order valence-electron chi connectivity index (χ0n) is 10.9. The molecule has 0 aromatic heterocycles. The first-order valence-corrected chi connectivity index (χ1v) is 5.95. The predicted molar refractivity (Wildman–Crippen MR) is 65.8 cm³/mol. The van der Waals surface area contributed by atoms with Gasteiger partial charge in [-0.3, -0.25) is 4.79 Å². The van der Waals surface area contributed by atoms with Gasteiger partial charge in [-0.1, -0.05) is 6.08 Å². The van der Waals surface area contributed by atoms with E-state index in [4.69, 9.17) is 4.74 Å². The van der Waals surface area contributed by atoms with Crippen molar-refractivity contribution in [2.75, 3.05) is 6.54 Å². The number of likely N-dealkylation sites (tertiary alicyclic amines) is 1. The van der Waals surface area contributed by atoms with Gasteiger partial charge in [-0.2, -0.15) is 0 Å². The molecule has 1 saturated heterocycles. The van der Waals surface area contributed by atoms with E-state index >= 15 is 0 Å². The van der Waals surface area contributed by atoms with Crippen LogP contribution >= 0.6 is 0 Å². The topological polar surface area (TPSA) is 46.6 Å². The Morgan fingerprint density at radius 2 is 2.24 bits per heavy atom. The molecule has 0 bridgehead atoms. The van der Waals surface area contributed by atoms with Gasteiger partial charge in [-0.25, -0.2) is 4.79 Å². The number of ketones is 1. The first kappa shape index (κ1) is 13.7. The molecular formula is C13H21NO3. The summed E-state index contributed by atoms with van der Waals surface area (Å²) in [4.78, 5) is 25.0. The van der Waals surface area contributed by atoms with Crippen LogP contribution in [0.4, 0.5) is 4.79 Å². The van der Waals surface area contributed by atoms with Gasteiger partial charge in [-0.15, -0.1) is 6.58 Å². The molecule has 4 nitrogen and oxygen atoms in total. The molecule has 1 heterocycles. The number of carbonyl (C=O) groups is 2. The van der Waals surface area contributed by atoms with Crippen LogP contribution in [0.1, 0.15) is 40.0 Å². The normalized spacial score (nSPS) is 21.2. The van der Waals surface area contributed by atoms with Gasteiger partial charge in [0.15, 0.2) is 0 Å². The van der Waals surface area contributed by atoms with Crippen molar-refractivity contribution in [3.8, 4) is 0 Å². The largest absolute Gasteiger partial charge is 0.444 e. The van der Waals surface area contributed by atoms with Crippen LogP contribution < -0.4 is 0 Å². The van der Waals surface area contributed by atoms with Gasteiger partial charge in [0.1, 0.15) is 11.4 Å². The zero-order chi connectivity index (χ0) is 13.1. The lowest BCUT2D eigenvalue weighted by molar-refractivity contribution is -0.122. The minimum atomic E-state index is -0.503. The van der Waals surface area contributed by atoms with E-state index in [1.54, 1.807) is 11.0 Å². The Labute approximate surface area is 103 Å². The van der Waals surface area contributed by atoms with E-state index in [1.165, 1.54) is 0 Å². The van der Waals surface area contributed by atoms with Crippen LogP contribution in [0.5, 0.6) is 0 Å². The van der Waals surface area contributed by atoms with E-state index in [1.807, 2.05) is 20.8 Å². The van der Waals surface area contributed by atoms with E-state index in [9.17, 15) is 9.59 Å². The van der Waals surface area contributed by atoms with Crippen molar-refractivity contribution in [1.29, 1.82) is 0 Å². The number of rotatable bonds is 2. The minimum Gasteiger partial charge on any atom is -0.444 e. The molecular weight excluding hydrogens is 218 g/mol. The van der Waals surface area contributed by atoms with Crippen molar-refractivity contribution in [1.82, 2.24) is 4.90 Å². The molecule has 0 unspecified atom stereocenters. The van der Waals surface area contributed by atoms with Crippen LogP contribution in [0.25, 0.3) is 0 Å². The lowest BCUT2D eigenvalue weighted by atomic mass is 9.99. The number of piperidine rings is 1. The molecule has 1 atom stereocenters. The van der Waals surface area contributed by atoms with E-state index < -0.39 is 5.60 Å². The minimum absolute atomic E-state index is 0.0939. The second-order valence-corrected chi connectivity index (χ2v) is 5.34. The van der Waals surface area contributed by atoms with Gasteiger partial charge in [-0.05, 0) is 27.2 Å². The smallest absolute Gasteiger partial charge is 0.410 e. The Kier molecular flexibility index (Phi) is 4.32. The van der Waals surface area contributed by atoms with Gasteiger partial charge in [0.25, 0.3) is 0 Å². The number of hydrogen-bond acceptors (Lipinski definition) is 3. The van der Waals surface area contributed by atoms with E-state index in [0.717, 1.165) is 0 Å². The van der Waals surface area contributed by atoms with Crippen LogP contribution in [-0.4, -0.2) is 35.0 Å². The fourth-order valence-corrected chi connectivity index (χ4v) is 1.87. The number of carbonyl (C=O) groups excluding carboxylic acids is 2. The van der Waals surface area contributed by atoms with Crippen molar-refractivity contribution in [3.05, 3.63) is 12.7 Å². The molecule has 0 radical (unpaired) electrons. The van der Waals surface area contributed by atoms with E-state index in [2.05, 4.69) is 6.58 Å². The van der Waals surface area contributed by atoms with Crippen LogP contribution in [0.15, 0.2) is 12.7 Å². The van der Waals surface area contributed by atoms with Crippen molar-refractivity contribution in [2.24, 2.45) is 0 Å². The van der Waals surface area contributed by atoms with Crippen LogP contribution in [0.3, 0.4) is 0 Å². The Balaban J connectivity index is 2.69. The van der Waals surface area contributed by atoms with Crippen molar-refractivity contribution in [2.45, 2.75) is 51.7 Å². The van der Waals surface area contributed by atoms with Gasteiger partial charge in [0.05, 0.1) is 0 Å². The lowest BCUT2D eigenvalue weighted by Crippen LogP contribution is -2.48. The molecule has 96 valence electrons. The number of Topliss-reactive ketones (excluding diaryl/α,β-unsaturated/α-hetero) is 1. The van der Waals surface area contributed by atoms with Crippen molar-refractivity contribution >= 4 is 11.9 Å². The van der Waals surface area contributed by atoms with Gasteiger partial charge in [0, 0.05) is 25.4 Å². The third kappa shape index (κ3) is 4.21. The monoisotopic (exact) mass is 239 g/mol. The predicted octanol–water partition coefficient (Wildman–Crippen LogP) is 2.53. The van der Waals surface area contributed by atoms with Gasteiger partial charge >= 0.3 is 6.09 Å². The summed E-state index contributed by atoms with van der Waals surface area (Å²) in [6, 6.07) is -0.0939. The quantitative estimate of drug-likeness (QED) is 0.696. The third-order valence-electron chi connectivity index (χ3n) is 2.60. The summed E-state index contributed by atoms with van der Waals surface area (Å²) in [5.74, 6) is 0.205. The highest BCUT2D eigenvalue weighted by molar-refractivity contribution is 5.82. The molecule has 1 aliphatic rings. The maximum absolute atomic E-state index is 12.0. The molecule has 1 rings (SSSR count). The Hall–Kier alpha value is -1.32. The standard InChI is InChI=1S/C13H21NO3/c1-5-6-10-9-11(15)7-8-14(10)12(16)17-13(2,3)4/h5,10H,1,6-9H2,2-4H3/t10-/m0/s1. The summed E-state index contributed by atoms with van der Waals surface area (Å²) in [5.41, 5.74) is -0.503. The summed E-state index contributed by atoms with van der Waals surface area (Å²) < 4.78 is 5.33. The maximum atomic E-state index is 12.0. The number of nitrogens with zero attached hydrogens (tertiary/aromatic N) is 1. The second kappa shape index (κ2) is 5.34. The highest BCUT2D eigenvalue weighted by atomic mass is 16.6. The number of hydrogen-bond donors (Lipinski definition) is 0. The summed E-state index contributed by atoms with van der Waals surface area (Å²) in [5, 5.41) is 0. The average Bonchev–Trinajstić information content (AvgIpc) is 2.15. The zero-order valence-corrected chi connectivity index (χ0v) is 10.9.